The molecule has 0 unspecified atom stereocenters. The molecule has 1 heterocycles. The molecule has 7 heteroatoms. The molecule has 4 nitrogen and oxygen atoms in total. The van der Waals surface area contributed by atoms with E-state index in [0.29, 0.717) is 17.2 Å². The number of para-hydroxylation sites is 1. The van der Waals surface area contributed by atoms with Gasteiger partial charge in [0.25, 0.3) is 0 Å². The SMILES string of the molecule is COc1cc(Br)c(CC2(c3cccc(OC)c3O)SCCCS2)cc1OC. The highest BCUT2D eigenvalue weighted by molar-refractivity contribution is 9.10. The minimum atomic E-state index is -0.293. The summed E-state index contributed by atoms with van der Waals surface area (Å²) in [7, 11) is 4.85. The van der Waals surface area contributed by atoms with E-state index in [1.54, 1.807) is 27.4 Å². The first kappa shape index (κ1) is 20.6. The van der Waals surface area contributed by atoms with Gasteiger partial charge in [0.2, 0.25) is 0 Å². The lowest BCUT2D eigenvalue weighted by Gasteiger charge is -2.37. The Bertz CT molecular complexity index is 807. The molecule has 0 bridgehead atoms. The second-order valence-electron chi connectivity index (χ2n) is 6.14. The van der Waals surface area contributed by atoms with Gasteiger partial charge in [0, 0.05) is 16.5 Å². The summed E-state index contributed by atoms with van der Waals surface area (Å²) < 4.78 is 16.9. The summed E-state index contributed by atoms with van der Waals surface area (Å²) in [6.07, 6.45) is 1.90. The number of rotatable bonds is 6. The van der Waals surface area contributed by atoms with Crippen LogP contribution in [0.25, 0.3) is 0 Å². The molecule has 0 amide bonds. The first-order valence-electron chi connectivity index (χ1n) is 8.59. The van der Waals surface area contributed by atoms with Crippen molar-refractivity contribution in [1.82, 2.24) is 0 Å². The average molecular weight is 471 g/mol. The maximum absolute atomic E-state index is 10.8. The van der Waals surface area contributed by atoms with E-state index in [-0.39, 0.29) is 9.83 Å². The average Bonchev–Trinajstić information content (AvgIpc) is 2.70. The molecule has 1 fully saturated rings. The maximum Gasteiger partial charge on any atom is 0.163 e. The highest BCUT2D eigenvalue weighted by Crippen LogP contribution is 2.56. The van der Waals surface area contributed by atoms with Crippen LogP contribution in [0.3, 0.4) is 0 Å². The van der Waals surface area contributed by atoms with Gasteiger partial charge >= 0.3 is 0 Å². The van der Waals surface area contributed by atoms with E-state index >= 15 is 0 Å². The maximum atomic E-state index is 10.8. The zero-order chi connectivity index (χ0) is 19.4. The van der Waals surface area contributed by atoms with Crippen LogP contribution in [0.15, 0.2) is 34.8 Å². The monoisotopic (exact) mass is 470 g/mol. The summed E-state index contributed by atoms with van der Waals surface area (Å²) >= 11 is 7.44. The molecule has 1 N–H and O–H groups in total. The zero-order valence-electron chi connectivity index (χ0n) is 15.6. The topological polar surface area (TPSA) is 47.9 Å². The quantitative estimate of drug-likeness (QED) is 0.605. The Morgan fingerprint density at radius 2 is 1.63 bits per heavy atom. The number of benzene rings is 2. The zero-order valence-corrected chi connectivity index (χ0v) is 18.8. The summed E-state index contributed by atoms with van der Waals surface area (Å²) in [6, 6.07) is 9.67. The fraction of sp³-hybridized carbons (Fsp3) is 0.400. The van der Waals surface area contributed by atoms with Crippen molar-refractivity contribution in [2.75, 3.05) is 32.8 Å². The molecular weight excluding hydrogens is 448 g/mol. The van der Waals surface area contributed by atoms with E-state index in [1.165, 1.54) is 0 Å². The van der Waals surface area contributed by atoms with Crippen LogP contribution in [-0.4, -0.2) is 37.9 Å². The fourth-order valence-corrected chi connectivity index (χ4v) is 7.08. The fourth-order valence-electron chi connectivity index (χ4n) is 3.20. The Balaban J connectivity index is 2.07. The third-order valence-corrected chi connectivity index (χ3v) is 8.66. The molecule has 146 valence electrons. The number of ether oxygens (including phenoxy) is 3. The molecule has 1 aliphatic heterocycles. The van der Waals surface area contributed by atoms with Crippen molar-refractivity contribution in [2.45, 2.75) is 16.9 Å². The lowest BCUT2D eigenvalue weighted by Crippen LogP contribution is -2.26. The first-order valence-corrected chi connectivity index (χ1v) is 11.4. The van der Waals surface area contributed by atoms with Crippen LogP contribution in [0.5, 0.6) is 23.0 Å². The van der Waals surface area contributed by atoms with Crippen molar-refractivity contribution < 1.29 is 19.3 Å². The van der Waals surface area contributed by atoms with E-state index in [4.69, 9.17) is 14.2 Å². The van der Waals surface area contributed by atoms with Gasteiger partial charge < -0.3 is 19.3 Å². The van der Waals surface area contributed by atoms with Gasteiger partial charge in [-0.05, 0) is 41.7 Å². The smallest absolute Gasteiger partial charge is 0.163 e. The predicted octanol–water partition coefficient (Wildman–Crippen LogP) is 5.45. The predicted molar refractivity (Wildman–Crippen MR) is 117 cm³/mol. The van der Waals surface area contributed by atoms with Gasteiger partial charge in [-0.1, -0.05) is 28.1 Å². The van der Waals surface area contributed by atoms with Crippen molar-refractivity contribution in [1.29, 1.82) is 0 Å². The third kappa shape index (κ3) is 4.15. The molecule has 1 saturated heterocycles. The van der Waals surface area contributed by atoms with Gasteiger partial charge in [0.05, 0.1) is 25.4 Å². The van der Waals surface area contributed by atoms with Gasteiger partial charge in [0.15, 0.2) is 23.0 Å². The molecule has 0 aliphatic carbocycles. The molecular formula is C20H23BrO4S2. The van der Waals surface area contributed by atoms with Gasteiger partial charge in [-0.2, -0.15) is 0 Å². The van der Waals surface area contributed by atoms with Crippen LogP contribution in [0, 0.1) is 0 Å². The van der Waals surface area contributed by atoms with Gasteiger partial charge in [-0.25, -0.2) is 0 Å². The summed E-state index contributed by atoms with van der Waals surface area (Å²) in [5.74, 6) is 4.22. The number of phenols is 1. The number of thioether (sulfide) groups is 2. The Morgan fingerprint density at radius 3 is 2.26 bits per heavy atom. The Labute approximate surface area is 177 Å². The van der Waals surface area contributed by atoms with Crippen LogP contribution in [-0.2, 0) is 10.5 Å². The second kappa shape index (κ2) is 8.88. The Kier molecular flexibility index (Phi) is 6.76. The Hall–Kier alpha value is -1.18. The summed E-state index contributed by atoms with van der Waals surface area (Å²) in [5.41, 5.74) is 2.01. The second-order valence-corrected chi connectivity index (χ2v) is 10.0. The normalized spacial score (nSPS) is 16.0. The molecule has 0 saturated carbocycles. The van der Waals surface area contributed by atoms with Gasteiger partial charge in [0.1, 0.15) is 0 Å². The number of aromatic hydroxyl groups is 1. The van der Waals surface area contributed by atoms with Crippen molar-refractivity contribution in [2.24, 2.45) is 0 Å². The minimum absolute atomic E-state index is 0.221. The van der Waals surface area contributed by atoms with E-state index in [1.807, 2.05) is 47.8 Å². The minimum Gasteiger partial charge on any atom is -0.504 e. The van der Waals surface area contributed by atoms with Crippen LogP contribution in [0.2, 0.25) is 0 Å². The number of hydrogen-bond acceptors (Lipinski definition) is 6. The lowest BCUT2D eigenvalue weighted by molar-refractivity contribution is 0.354. The Morgan fingerprint density at radius 1 is 1.00 bits per heavy atom. The number of halogens is 1. The third-order valence-electron chi connectivity index (χ3n) is 4.56. The van der Waals surface area contributed by atoms with E-state index < -0.39 is 0 Å². The van der Waals surface area contributed by atoms with Crippen molar-refractivity contribution in [3.05, 3.63) is 45.9 Å². The van der Waals surface area contributed by atoms with Crippen molar-refractivity contribution in [3.8, 4) is 23.0 Å². The van der Waals surface area contributed by atoms with Crippen LogP contribution < -0.4 is 14.2 Å². The molecule has 3 rings (SSSR count). The standard InChI is InChI=1S/C20H23BrO4S2/c1-23-16-7-4-6-14(19(16)22)20(26-8-5-9-27-20)12-13-10-17(24-2)18(25-3)11-15(13)21/h4,6-7,10-11,22H,5,8-9,12H2,1-3H3. The molecule has 0 atom stereocenters. The molecule has 2 aromatic rings. The molecule has 1 aliphatic rings. The van der Waals surface area contributed by atoms with Crippen LogP contribution in [0.1, 0.15) is 17.5 Å². The molecule has 0 radical (unpaired) electrons. The summed E-state index contributed by atoms with van der Waals surface area (Å²) in [6.45, 7) is 0. The van der Waals surface area contributed by atoms with E-state index in [0.717, 1.165) is 39.9 Å². The first-order chi connectivity index (χ1) is 13.0. The largest absolute Gasteiger partial charge is 0.504 e. The highest BCUT2D eigenvalue weighted by Gasteiger charge is 2.39. The molecule has 0 spiro atoms. The number of methoxy groups -OCH3 is 3. The van der Waals surface area contributed by atoms with Gasteiger partial charge in [-0.3, -0.25) is 0 Å². The van der Waals surface area contributed by atoms with Crippen molar-refractivity contribution >= 4 is 39.5 Å². The molecule has 27 heavy (non-hydrogen) atoms. The molecule has 2 aromatic carbocycles. The lowest BCUT2D eigenvalue weighted by atomic mass is 10.0. The highest BCUT2D eigenvalue weighted by atomic mass is 79.9. The van der Waals surface area contributed by atoms with E-state index in [9.17, 15) is 5.11 Å². The van der Waals surface area contributed by atoms with Crippen LogP contribution >= 0.6 is 39.5 Å². The number of hydrogen-bond donors (Lipinski definition) is 1. The number of phenolic OH excluding ortho intramolecular Hbond substituents is 1. The van der Waals surface area contributed by atoms with E-state index in [2.05, 4.69) is 15.9 Å². The van der Waals surface area contributed by atoms with Crippen molar-refractivity contribution in [3.63, 3.8) is 0 Å². The summed E-state index contributed by atoms with van der Waals surface area (Å²) in [5, 5.41) is 10.8. The summed E-state index contributed by atoms with van der Waals surface area (Å²) in [4.78, 5) is 0. The van der Waals surface area contributed by atoms with Crippen LogP contribution in [0.4, 0.5) is 0 Å². The molecule has 0 aromatic heterocycles. The van der Waals surface area contributed by atoms with Gasteiger partial charge in [-0.15, -0.1) is 23.5 Å².